The van der Waals surface area contributed by atoms with Crippen LogP contribution in [0.4, 0.5) is 0 Å². The highest BCUT2D eigenvalue weighted by Gasteiger charge is 2.60. The second kappa shape index (κ2) is 4.88. The molecule has 2 fully saturated rings. The molecular formula is C17H21N3O. The van der Waals surface area contributed by atoms with Crippen molar-refractivity contribution in [3.05, 3.63) is 36.0 Å². The van der Waals surface area contributed by atoms with Crippen molar-refractivity contribution in [2.24, 2.45) is 11.3 Å². The summed E-state index contributed by atoms with van der Waals surface area (Å²) in [4.78, 5) is 15.7. The van der Waals surface area contributed by atoms with Gasteiger partial charge in [0.05, 0.1) is 5.41 Å². The highest BCUT2D eigenvalue weighted by atomic mass is 16.2. The molecule has 2 atom stereocenters. The van der Waals surface area contributed by atoms with Gasteiger partial charge in [0.15, 0.2) is 0 Å². The number of benzene rings is 1. The Labute approximate surface area is 124 Å². The van der Waals surface area contributed by atoms with E-state index in [1.165, 1.54) is 10.9 Å². The van der Waals surface area contributed by atoms with Crippen LogP contribution in [-0.2, 0) is 11.2 Å². The molecule has 0 bridgehead atoms. The van der Waals surface area contributed by atoms with Crippen LogP contribution in [0.15, 0.2) is 30.5 Å². The average molecular weight is 283 g/mol. The van der Waals surface area contributed by atoms with Gasteiger partial charge < -0.3 is 15.6 Å². The maximum Gasteiger partial charge on any atom is 0.226 e. The third kappa shape index (κ3) is 2.14. The molecule has 1 saturated heterocycles. The van der Waals surface area contributed by atoms with E-state index in [0.29, 0.717) is 5.92 Å². The Morgan fingerprint density at radius 1 is 1.38 bits per heavy atom. The molecule has 4 nitrogen and oxygen atoms in total. The first-order chi connectivity index (χ1) is 10.3. The fraction of sp³-hybridized carbons (Fsp3) is 0.471. The number of carbonyl (C=O) groups excluding carboxylic acids is 1. The third-order valence-electron chi connectivity index (χ3n) is 5.18. The average Bonchev–Trinajstić information content (AvgIpc) is 3.15. The van der Waals surface area contributed by atoms with Crippen molar-refractivity contribution >= 4 is 16.8 Å². The number of H-pyrrole nitrogens is 1. The molecule has 1 aliphatic carbocycles. The highest BCUT2D eigenvalue weighted by Crippen LogP contribution is 2.56. The lowest BCUT2D eigenvalue weighted by Crippen LogP contribution is -2.40. The zero-order chi connectivity index (χ0) is 14.3. The smallest absolute Gasteiger partial charge is 0.226 e. The van der Waals surface area contributed by atoms with E-state index in [0.717, 1.165) is 44.4 Å². The van der Waals surface area contributed by atoms with Gasteiger partial charge in [0.2, 0.25) is 5.91 Å². The number of rotatable bonds is 4. The van der Waals surface area contributed by atoms with Gasteiger partial charge in [-0.1, -0.05) is 18.2 Å². The summed E-state index contributed by atoms with van der Waals surface area (Å²) in [6.07, 6.45) is 5.00. The van der Waals surface area contributed by atoms with Gasteiger partial charge in [0.25, 0.3) is 0 Å². The minimum Gasteiger partial charge on any atom is -0.361 e. The number of hydrogen-bond donors (Lipinski definition) is 3. The van der Waals surface area contributed by atoms with Crippen molar-refractivity contribution in [2.75, 3.05) is 19.6 Å². The first-order valence-corrected chi connectivity index (χ1v) is 7.84. The molecule has 1 aromatic carbocycles. The summed E-state index contributed by atoms with van der Waals surface area (Å²) in [5.74, 6) is 0.841. The SMILES string of the molecule is O=C(NCCc1c[nH]c2ccccc12)[C@]12CCNC[C@H]1C2. The van der Waals surface area contributed by atoms with E-state index in [-0.39, 0.29) is 11.3 Å². The molecule has 0 spiro atoms. The lowest BCUT2D eigenvalue weighted by molar-refractivity contribution is -0.127. The van der Waals surface area contributed by atoms with E-state index in [1.807, 2.05) is 6.07 Å². The normalized spacial score (nSPS) is 27.3. The molecule has 0 radical (unpaired) electrons. The molecule has 3 N–H and O–H groups in total. The number of amides is 1. The Hall–Kier alpha value is -1.81. The minimum atomic E-state index is -0.0362. The Bertz CT molecular complexity index is 677. The summed E-state index contributed by atoms with van der Waals surface area (Å²) in [6.45, 7) is 2.71. The van der Waals surface area contributed by atoms with E-state index >= 15 is 0 Å². The van der Waals surface area contributed by atoms with Gasteiger partial charge >= 0.3 is 0 Å². The molecule has 4 heteroatoms. The molecule has 1 saturated carbocycles. The summed E-state index contributed by atoms with van der Waals surface area (Å²) in [6, 6.07) is 8.31. The topological polar surface area (TPSA) is 56.9 Å². The molecule has 2 aromatic rings. The van der Waals surface area contributed by atoms with Gasteiger partial charge in [0.1, 0.15) is 0 Å². The largest absolute Gasteiger partial charge is 0.361 e. The van der Waals surface area contributed by atoms with Gasteiger partial charge in [-0.25, -0.2) is 0 Å². The monoisotopic (exact) mass is 283 g/mol. The van der Waals surface area contributed by atoms with Crippen LogP contribution >= 0.6 is 0 Å². The predicted octanol–water partition coefficient (Wildman–Crippen LogP) is 1.83. The number of fused-ring (bicyclic) bond motifs is 2. The first kappa shape index (κ1) is 12.9. The van der Waals surface area contributed by atoms with Gasteiger partial charge in [-0.15, -0.1) is 0 Å². The zero-order valence-electron chi connectivity index (χ0n) is 12.1. The summed E-state index contributed by atoms with van der Waals surface area (Å²) in [5, 5.41) is 7.79. The summed E-state index contributed by atoms with van der Waals surface area (Å²) in [5.41, 5.74) is 2.41. The number of para-hydroxylation sites is 1. The quantitative estimate of drug-likeness (QED) is 0.802. The van der Waals surface area contributed by atoms with Crippen molar-refractivity contribution in [1.29, 1.82) is 0 Å². The van der Waals surface area contributed by atoms with Crippen LogP contribution in [0.5, 0.6) is 0 Å². The van der Waals surface area contributed by atoms with Crippen LogP contribution in [0.3, 0.4) is 0 Å². The molecular weight excluding hydrogens is 262 g/mol. The number of aromatic amines is 1. The van der Waals surface area contributed by atoms with E-state index in [1.54, 1.807) is 0 Å². The van der Waals surface area contributed by atoms with E-state index < -0.39 is 0 Å². The van der Waals surface area contributed by atoms with Gasteiger partial charge in [-0.2, -0.15) is 0 Å². The Morgan fingerprint density at radius 2 is 2.29 bits per heavy atom. The fourth-order valence-electron chi connectivity index (χ4n) is 3.76. The van der Waals surface area contributed by atoms with Gasteiger partial charge in [0, 0.05) is 23.6 Å². The number of piperidine rings is 1. The number of carbonyl (C=O) groups is 1. The van der Waals surface area contributed by atoms with Crippen LogP contribution in [-0.4, -0.2) is 30.5 Å². The molecule has 1 amide bonds. The Kier molecular flexibility index (Phi) is 3.00. The van der Waals surface area contributed by atoms with Crippen molar-refractivity contribution in [3.8, 4) is 0 Å². The van der Waals surface area contributed by atoms with Crippen molar-refractivity contribution in [2.45, 2.75) is 19.3 Å². The molecule has 2 heterocycles. The van der Waals surface area contributed by atoms with E-state index in [9.17, 15) is 4.79 Å². The standard InChI is InChI=1S/C17H21N3O/c21-16(17-6-8-18-11-13(17)9-17)19-7-5-12-10-20-15-4-2-1-3-14(12)15/h1-4,10,13,18,20H,5-9,11H2,(H,19,21)/t13-,17+/m1/s1. The van der Waals surface area contributed by atoms with Crippen molar-refractivity contribution in [3.63, 3.8) is 0 Å². The maximum absolute atomic E-state index is 12.4. The molecule has 110 valence electrons. The van der Waals surface area contributed by atoms with Crippen LogP contribution < -0.4 is 10.6 Å². The fourth-order valence-corrected chi connectivity index (χ4v) is 3.76. The second-order valence-electron chi connectivity index (χ2n) is 6.38. The summed E-state index contributed by atoms with van der Waals surface area (Å²) >= 11 is 0. The van der Waals surface area contributed by atoms with Gasteiger partial charge in [-0.05, 0) is 49.9 Å². The lowest BCUT2D eigenvalue weighted by atomic mass is 9.95. The number of aromatic nitrogens is 1. The van der Waals surface area contributed by atoms with Crippen LogP contribution in [0.25, 0.3) is 10.9 Å². The maximum atomic E-state index is 12.4. The van der Waals surface area contributed by atoms with E-state index in [2.05, 4.69) is 40.0 Å². The molecule has 4 rings (SSSR count). The summed E-state index contributed by atoms with van der Waals surface area (Å²) in [7, 11) is 0. The van der Waals surface area contributed by atoms with Crippen molar-refractivity contribution < 1.29 is 4.79 Å². The molecule has 1 aromatic heterocycles. The second-order valence-corrected chi connectivity index (χ2v) is 6.38. The van der Waals surface area contributed by atoms with Crippen LogP contribution in [0.1, 0.15) is 18.4 Å². The number of nitrogens with one attached hydrogen (secondary N) is 3. The van der Waals surface area contributed by atoms with E-state index in [4.69, 9.17) is 0 Å². The Balaban J connectivity index is 1.36. The summed E-state index contributed by atoms with van der Waals surface area (Å²) < 4.78 is 0. The predicted molar refractivity (Wildman–Crippen MR) is 83.0 cm³/mol. The minimum absolute atomic E-state index is 0.0362. The molecule has 21 heavy (non-hydrogen) atoms. The third-order valence-corrected chi connectivity index (χ3v) is 5.18. The molecule has 2 aliphatic rings. The molecule has 0 unspecified atom stereocenters. The highest BCUT2D eigenvalue weighted by molar-refractivity contribution is 5.86. The number of hydrogen-bond acceptors (Lipinski definition) is 2. The Morgan fingerprint density at radius 3 is 3.19 bits per heavy atom. The molecule has 1 aliphatic heterocycles. The van der Waals surface area contributed by atoms with Gasteiger partial charge in [-0.3, -0.25) is 4.79 Å². The van der Waals surface area contributed by atoms with Crippen molar-refractivity contribution in [1.82, 2.24) is 15.6 Å². The van der Waals surface area contributed by atoms with Crippen LogP contribution in [0.2, 0.25) is 0 Å². The zero-order valence-corrected chi connectivity index (χ0v) is 12.1. The lowest BCUT2D eigenvalue weighted by Gasteiger charge is -2.21. The first-order valence-electron chi connectivity index (χ1n) is 7.84. The van der Waals surface area contributed by atoms with Crippen LogP contribution in [0, 0.1) is 11.3 Å².